The first-order valence-corrected chi connectivity index (χ1v) is 9.85. The van der Waals surface area contributed by atoms with Crippen LogP contribution >= 0.6 is 0 Å². The first-order chi connectivity index (χ1) is 12.1. The third-order valence-electron chi connectivity index (χ3n) is 5.44. The number of β-amino-alcohol motifs (C(OH)–C–C–N with tert-alkyl or cyclic N) is 1. The molecule has 0 bridgehead atoms. The van der Waals surface area contributed by atoms with E-state index >= 15 is 0 Å². The van der Waals surface area contributed by atoms with Gasteiger partial charge >= 0.3 is 0 Å². The van der Waals surface area contributed by atoms with Crippen LogP contribution in [0.25, 0.3) is 0 Å². The molecule has 0 spiro atoms. The van der Waals surface area contributed by atoms with Crippen molar-refractivity contribution >= 4 is 0 Å². The van der Waals surface area contributed by atoms with E-state index in [-0.39, 0.29) is 6.61 Å². The van der Waals surface area contributed by atoms with E-state index in [0.29, 0.717) is 12.6 Å². The maximum atomic E-state index is 9.96. The molecule has 0 aromatic heterocycles. The van der Waals surface area contributed by atoms with E-state index in [1.54, 1.807) is 0 Å². The molecule has 0 aliphatic carbocycles. The summed E-state index contributed by atoms with van der Waals surface area (Å²) in [5, 5.41) is 42.2. The van der Waals surface area contributed by atoms with Gasteiger partial charge in [0.15, 0.2) is 0 Å². The number of likely N-dealkylation sites (tertiary alicyclic amines) is 1. The van der Waals surface area contributed by atoms with Gasteiger partial charge in [-0.15, -0.1) is 0 Å². The topological polar surface area (TPSA) is 105 Å². The normalized spacial score (nSPS) is 34.3. The Labute approximate surface area is 151 Å². The summed E-state index contributed by atoms with van der Waals surface area (Å²) < 4.78 is 5.69. The van der Waals surface area contributed by atoms with Crippen LogP contribution < -0.4 is 5.32 Å². The molecule has 2 saturated heterocycles. The molecule has 1 unspecified atom stereocenters. The molecule has 2 aliphatic rings. The maximum absolute atomic E-state index is 9.96. The summed E-state index contributed by atoms with van der Waals surface area (Å²) >= 11 is 0. The van der Waals surface area contributed by atoms with E-state index < -0.39 is 24.4 Å². The number of nitrogens with one attached hydrogen (secondary N) is 1. The Morgan fingerprint density at radius 3 is 2.36 bits per heavy atom. The zero-order chi connectivity index (χ0) is 18.1. The summed E-state index contributed by atoms with van der Waals surface area (Å²) in [5.74, 6) is 0. The van der Waals surface area contributed by atoms with Gasteiger partial charge in [0.25, 0.3) is 0 Å². The molecule has 7 nitrogen and oxygen atoms in total. The lowest BCUT2D eigenvalue weighted by molar-refractivity contribution is -0.145. The molecule has 7 heteroatoms. The summed E-state index contributed by atoms with van der Waals surface area (Å²) in [4.78, 5) is 1.90. The minimum atomic E-state index is -1.17. The van der Waals surface area contributed by atoms with Gasteiger partial charge in [-0.05, 0) is 19.4 Å². The Kier molecular flexibility index (Phi) is 9.62. The van der Waals surface area contributed by atoms with Crippen LogP contribution in [0.1, 0.15) is 44.9 Å². The smallest absolute Gasteiger partial charge is 0.109 e. The second-order valence-electron chi connectivity index (χ2n) is 7.40. The summed E-state index contributed by atoms with van der Waals surface area (Å²) in [7, 11) is 0. The van der Waals surface area contributed by atoms with Crippen LogP contribution in [-0.4, -0.2) is 95.2 Å². The first kappa shape index (κ1) is 21.0. The zero-order valence-electron chi connectivity index (χ0n) is 15.2. The van der Waals surface area contributed by atoms with Crippen molar-refractivity contribution in [2.45, 2.75) is 75.4 Å². The monoisotopic (exact) mass is 360 g/mol. The zero-order valence-corrected chi connectivity index (χ0v) is 15.2. The summed E-state index contributed by atoms with van der Waals surface area (Å²) in [6, 6.07) is -0.484. The molecule has 25 heavy (non-hydrogen) atoms. The van der Waals surface area contributed by atoms with Crippen LogP contribution in [0.3, 0.4) is 0 Å². The quantitative estimate of drug-likeness (QED) is 0.333. The SMILES string of the molecule is OC[C@@H]1[C@@H](O)[C@H](O)[C@@H](O)CN1CCCCCCCCC1CNCCO1. The van der Waals surface area contributed by atoms with Gasteiger partial charge in [0.05, 0.1) is 31.5 Å². The van der Waals surface area contributed by atoms with E-state index in [0.717, 1.165) is 45.5 Å². The predicted octanol–water partition coefficient (Wildman–Crippen LogP) is -0.535. The van der Waals surface area contributed by atoms with Crippen molar-refractivity contribution in [3.8, 4) is 0 Å². The standard InChI is InChI=1S/C18H36N2O5/c21-13-15-17(23)18(24)16(22)12-20(15)9-6-4-2-1-3-5-7-14-11-19-8-10-25-14/h14-19,21-24H,1-13H2/t14?,15-,16+,17-,18-/m1/s1. The van der Waals surface area contributed by atoms with E-state index in [1.807, 2.05) is 4.90 Å². The summed E-state index contributed by atoms with van der Waals surface area (Å²) in [6.45, 7) is 3.61. The van der Waals surface area contributed by atoms with Crippen LogP contribution in [0, 0.1) is 0 Å². The van der Waals surface area contributed by atoms with Gasteiger partial charge < -0.3 is 30.5 Å². The minimum Gasteiger partial charge on any atom is -0.395 e. The lowest BCUT2D eigenvalue weighted by atomic mass is 9.94. The van der Waals surface area contributed by atoms with E-state index in [2.05, 4.69) is 5.32 Å². The van der Waals surface area contributed by atoms with E-state index in [9.17, 15) is 20.4 Å². The van der Waals surface area contributed by atoms with Crippen molar-refractivity contribution in [3.05, 3.63) is 0 Å². The Morgan fingerprint density at radius 1 is 0.960 bits per heavy atom. The predicted molar refractivity (Wildman–Crippen MR) is 95.4 cm³/mol. The van der Waals surface area contributed by atoms with Gasteiger partial charge in [-0.3, -0.25) is 4.90 Å². The van der Waals surface area contributed by atoms with Crippen LogP contribution in [0.4, 0.5) is 0 Å². The molecule has 0 aromatic rings. The maximum Gasteiger partial charge on any atom is 0.109 e. The molecule has 0 amide bonds. The highest BCUT2D eigenvalue weighted by atomic mass is 16.5. The fraction of sp³-hybridized carbons (Fsp3) is 1.00. The molecule has 0 radical (unpaired) electrons. The van der Waals surface area contributed by atoms with Crippen LogP contribution in [0.15, 0.2) is 0 Å². The molecule has 2 heterocycles. The minimum absolute atomic E-state index is 0.205. The molecular weight excluding hydrogens is 324 g/mol. The van der Waals surface area contributed by atoms with Crippen molar-refractivity contribution < 1.29 is 25.2 Å². The Hall–Kier alpha value is -0.280. The Balaban J connectivity index is 1.50. The molecular formula is C18H36N2O5. The highest BCUT2D eigenvalue weighted by molar-refractivity contribution is 4.93. The highest BCUT2D eigenvalue weighted by Gasteiger charge is 2.40. The number of ether oxygens (including phenoxy) is 1. The average Bonchev–Trinajstić information content (AvgIpc) is 2.63. The number of morpholine rings is 1. The van der Waals surface area contributed by atoms with Gasteiger partial charge in [-0.25, -0.2) is 0 Å². The lowest BCUT2D eigenvalue weighted by Crippen LogP contribution is -2.62. The molecule has 5 atom stereocenters. The largest absolute Gasteiger partial charge is 0.395 e. The van der Waals surface area contributed by atoms with Crippen molar-refractivity contribution in [1.82, 2.24) is 10.2 Å². The van der Waals surface area contributed by atoms with Crippen molar-refractivity contribution in [2.75, 3.05) is 39.4 Å². The number of piperidine rings is 1. The molecule has 5 N–H and O–H groups in total. The molecule has 148 valence electrons. The number of aliphatic hydroxyl groups excluding tert-OH is 4. The summed E-state index contributed by atoms with van der Waals surface area (Å²) in [5.41, 5.74) is 0. The number of rotatable bonds is 10. The van der Waals surface area contributed by atoms with Gasteiger partial charge in [-0.1, -0.05) is 32.1 Å². The Bertz CT molecular complexity index is 354. The van der Waals surface area contributed by atoms with Crippen LogP contribution in [-0.2, 0) is 4.74 Å². The second-order valence-corrected chi connectivity index (χ2v) is 7.40. The van der Waals surface area contributed by atoms with Crippen LogP contribution in [0.5, 0.6) is 0 Å². The number of hydrogen-bond donors (Lipinski definition) is 5. The molecule has 2 fully saturated rings. The third-order valence-corrected chi connectivity index (χ3v) is 5.44. The van der Waals surface area contributed by atoms with Crippen LogP contribution in [0.2, 0.25) is 0 Å². The average molecular weight is 360 g/mol. The molecule has 2 aliphatic heterocycles. The fourth-order valence-electron chi connectivity index (χ4n) is 3.83. The number of hydrogen-bond acceptors (Lipinski definition) is 7. The second kappa shape index (κ2) is 11.4. The third kappa shape index (κ3) is 6.75. The molecule has 2 rings (SSSR count). The summed E-state index contributed by atoms with van der Waals surface area (Å²) in [6.07, 6.45) is 5.22. The molecule has 0 aromatic carbocycles. The van der Waals surface area contributed by atoms with Crippen molar-refractivity contribution in [3.63, 3.8) is 0 Å². The Morgan fingerprint density at radius 2 is 1.68 bits per heavy atom. The van der Waals surface area contributed by atoms with Crippen molar-refractivity contribution in [1.29, 1.82) is 0 Å². The number of unbranched alkanes of at least 4 members (excludes halogenated alkanes) is 5. The number of nitrogens with zero attached hydrogens (tertiary/aromatic N) is 1. The van der Waals surface area contributed by atoms with Crippen molar-refractivity contribution in [2.24, 2.45) is 0 Å². The highest BCUT2D eigenvalue weighted by Crippen LogP contribution is 2.20. The van der Waals surface area contributed by atoms with Gasteiger partial charge in [-0.2, -0.15) is 0 Å². The van der Waals surface area contributed by atoms with Gasteiger partial charge in [0.1, 0.15) is 12.2 Å². The number of aliphatic hydroxyl groups is 4. The van der Waals surface area contributed by atoms with Gasteiger partial charge in [0.2, 0.25) is 0 Å². The molecule has 0 saturated carbocycles. The lowest BCUT2D eigenvalue weighted by Gasteiger charge is -2.43. The van der Waals surface area contributed by atoms with E-state index in [4.69, 9.17) is 4.74 Å². The first-order valence-electron chi connectivity index (χ1n) is 9.85. The fourth-order valence-corrected chi connectivity index (χ4v) is 3.83. The van der Waals surface area contributed by atoms with Gasteiger partial charge in [0, 0.05) is 19.6 Å². The van der Waals surface area contributed by atoms with E-state index in [1.165, 1.54) is 25.7 Å².